The van der Waals surface area contributed by atoms with Crippen LogP contribution in [-0.4, -0.2) is 37.5 Å². The predicted molar refractivity (Wildman–Crippen MR) is 107 cm³/mol. The van der Waals surface area contributed by atoms with Gasteiger partial charge < -0.3 is 9.84 Å². The van der Waals surface area contributed by atoms with Gasteiger partial charge in [0.05, 0.1) is 34.4 Å². The molecule has 1 N–H and O–H groups in total. The number of ether oxygens (including phenoxy) is 1. The number of fused-ring (bicyclic) bond motifs is 1. The number of carbonyl (C=O) groups is 1. The molecule has 0 aliphatic rings. The van der Waals surface area contributed by atoms with Gasteiger partial charge in [-0.1, -0.05) is 29.4 Å². The SMILES string of the molecule is COc1c(Sc2cccc(C(=O)O)n2)c2ccc(Cl)c(F)c2n1-c1cnn(C)c1. The van der Waals surface area contributed by atoms with Crippen LogP contribution in [0.1, 0.15) is 10.5 Å². The number of rotatable bonds is 5. The van der Waals surface area contributed by atoms with E-state index in [4.69, 9.17) is 16.3 Å². The van der Waals surface area contributed by atoms with E-state index in [-0.39, 0.29) is 16.2 Å². The van der Waals surface area contributed by atoms with E-state index in [1.807, 2.05) is 0 Å². The van der Waals surface area contributed by atoms with Crippen LogP contribution in [0.2, 0.25) is 5.02 Å². The van der Waals surface area contributed by atoms with Crippen molar-refractivity contribution in [3.05, 3.63) is 59.3 Å². The lowest BCUT2D eigenvalue weighted by Gasteiger charge is -2.09. The van der Waals surface area contributed by atoms with Crippen molar-refractivity contribution in [2.75, 3.05) is 7.11 Å². The van der Waals surface area contributed by atoms with Gasteiger partial charge in [-0.05, 0) is 24.3 Å². The lowest BCUT2D eigenvalue weighted by Crippen LogP contribution is -2.00. The summed E-state index contributed by atoms with van der Waals surface area (Å²) in [6.45, 7) is 0. The first-order valence-electron chi connectivity index (χ1n) is 8.34. The van der Waals surface area contributed by atoms with Gasteiger partial charge in [-0.2, -0.15) is 5.10 Å². The average Bonchev–Trinajstić information content (AvgIpc) is 3.26. The number of hydrogen-bond donors (Lipinski definition) is 1. The van der Waals surface area contributed by atoms with Crippen molar-refractivity contribution in [2.45, 2.75) is 9.92 Å². The van der Waals surface area contributed by atoms with Crippen LogP contribution < -0.4 is 4.74 Å². The minimum Gasteiger partial charge on any atom is -0.481 e. The Bertz CT molecular complexity index is 1250. The molecule has 0 aliphatic heterocycles. The third kappa shape index (κ3) is 3.32. The summed E-state index contributed by atoms with van der Waals surface area (Å²) in [6, 6.07) is 7.85. The molecule has 1 aromatic carbocycles. The summed E-state index contributed by atoms with van der Waals surface area (Å²) in [5.41, 5.74) is 0.744. The standard InChI is InChI=1S/C19H14ClFN4O3S/c1-24-9-10(8-22-24)25-16-11(6-7-12(20)15(16)21)17(18(25)28-2)29-14-5-3-4-13(23-14)19(26)27/h3-9H,1-2H3,(H,26,27). The Kier molecular flexibility index (Phi) is 4.93. The molecule has 0 amide bonds. The van der Waals surface area contributed by atoms with Crippen LogP contribution in [0.3, 0.4) is 0 Å². The van der Waals surface area contributed by atoms with Crippen LogP contribution in [0.25, 0.3) is 16.6 Å². The molecule has 0 unspecified atom stereocenters. The third-order valence-electron chi connectivity index (χ3n) is 4.23. The summed E-state index contributed by atoms with van der Waals surface area (Å²) >= 11 is 7.22. The summed E-state index contributed by atoms with van der Waals surface area (Å²) in [5, 5.41) is 14.3. The number of halogens is 2. The third-order valence-corrected chi connectivity index (χ3v) is 5.55. The second kappa shape index (κ2) is 7.41. The first-order chi connectivity index (χ1) is 13.9. The fourth-order valence-electron chi connectivity index (χ4n) is 3.01. The number of aryl methyl sites for hydroxylation is 1. The monoisotopic (exact) mass is 432 g/mol. The Morgan fingerprint density at radius 1 is 1.31 bits per heavy atom. The molecule has 148 valence electrons. The highest BCUT2D eigenvalue weighted by molar-refractivity contribution is 7.99. The highest BCUT2D eigenvalue weighted by Gasteiger charge is 2.25. The molecule has 3 aromatic heterocycles. The Hall–Kier alpha value is -3.04. The molecule has 0 fully saturated rings. The van der Waals surface area contributed by atoms with Crippen LogP contribution in [0.15, 0.2) is 52.6 Å². The van der Waals surface area contributed by atoms with Crippen molar-refractivity contribution in [2.24, 2.45) is 7.05 Å². The molecule has 0 bridgehead atoms. The Labute approximate surface area is 173 Å². The molecule has 0 radical (unpaired) electrons. The molecule has 0 aliphatic carbocycles. The van der Waals surface area contributed by atoms with Crippen molar-refractivity contribution in [3.63, 3.8) is 0 Å². The van der Waals surface area contributed by atoms with Gasteiger partial charge in [-0.15, -0.1) is 0 Å². The van der Waals surface area contributed by atoms with E-state index in [1.165, 1.54) is 31.0 Å². The van der Waals surface area contributed by atoms with E-state index in [2.05, 4.69) is 10.1 Å². The normalized spacial score (nSPS) is 11.2. The Morgan fingerprint density at radius 2 is 2.10 bits per heavy atom. The highest BCUT2D eigenvalue weighted by Crippen LogP contribution is 2.45. The number of aromatic nitrogens is 4. The van der Waals surface area contributed by atoms with E-state index in [0.29, 0.717) is 26.9 Å². The van der Waals surface area contributed by atoms with Crippen molar-refractivity contribution < 1.29 is 19.0 Å². The zero-order valence-corrected chi connectivity index (χ0v) is 16.8. The zero-order valence-electron chi connectivity index (χ0n) is 15.3. The largest absolute Gasteiger partial charge is 0.481 e. The van der Waals surface area contributed by atoms with Gasteiger partial charge in [0.1, 0.15) is 10.7 Å². The first kappa shape index (κ1) is 19.3. The summed E-state index contributed by atoms with van der Waals surface area (Å²) in [5.74, 6) is -1.36. The van der Waals surface area contributed by atoms with Gasteiger partial charge in [-0.25, -0.2) is 14.2 Å². The maximum Gasteiger partial charge on any atom is 0.354 e. The maximum absolute atomic E-state index is 15.1. The summed E-state index contributed by atoms with van der Waals surface area (Å²) in [6.07, 6.45) is 3.31. The molecule has 4 rings (SSSR count). The fraction of sp³-hybridized carbons (Fsp3) is 0.105. The minimum absolute atomic E-state index is 0.0228. The number of pyridine rings is 1. The molecule has 0 saturated heterocycles. The van der Waals surface area contributed by atoms with Crippen molar-refractivity contribution in [3.8, 4) is 11.6 Å². The number of methoxy groups -OCH3 is 1. The molecular formula is C19H14ClFN4O3S. The van der Waals surface area contributed by atoms with Gasteiger partial charge in [0.15, 0.2) is 5.82 Å². The molecule has 0 spiro atoms. The second-order valence-corrected chi connectivity index (χ2v) is 7.51. The quantitative estimate of drug-likeness (QED) is 0.503. The maximum atomic E-state index is 15.1. The topological polar surface area (TPSA) is 82.2 Å². The van der Waals surface area contributed by atoms with E-state index >= 15 is 4.39 Å². The van der Waals surface area contributed by atoms with Crippen LogP contribution in [0, 0.1) is 5.82 Å². The molecule has 0 saturated carbocycles. The number of hydrogen-bond acceptors (Lipinski definition) is 5. The average molecular weight is 433 g/mol. The number of nitrogens with zero attached hydrogens (tertiary/aromatic N) is 4. The van der Waals surface area contributed by atoms with Gasteiger partial charge in [0, 0.05) is 18.6 Å². The first-order valence-corrected chi connectivity index (χ1v) is 9.53. The van der Waals surface area contributed by atoms with Crippen LogP contribution in [0.5, 0.6) is 5.88 Å². The van der Waals surface area contributed by atoms with Crippen molar-refractivity contribution in [1.29, 1.82) is 0 Å². The highest BCUT2D eigenvalue weighted by atomic mass is 35.5. The summed E-state index contributed by atoms with van der Waals surface area (Å²) in [4.78, 5) is 16.0. The molecule has 4 aromatic rings. The molecule has 7 nitrogen and oxygen atoms in total. The van der Waals surface area contributed by atoms with Gasteiger partial charge >= 0.3 is 5.97 Å². The molecular weight excluding hydrogens is 419 g/mol. The lowest BCUT2D eigenvalue weighted by molar-refractivity contribution is 0.0689. The Morgan fingerprint density at radius 3 is 2.76 bits per heavy atom. The molecule has 29 heavy (non-hydrogen) atoms. The Balaban J connectivity index is 1.98. The molecule has 3 heterocycles. The van der Waals surface area contributed by atoms with E-state index in [0.717, 1.165) is 0 Å². The number of benzene rings is 1. The lowest BCUT2D eigenvalue weighted by atomic mass is 10.2. The van der Waals surface area contributed by atoms with Crippen molar-refractivity contribution >= 4 is 40.2 Å². The number of aromatic carboxylic acids is 1. The van der Waals surface area contributed by atoms with Gasteiger partial charge in [0.25, 0.3) is 0 Å². The zero-order chi connectivity index (χ0) is 20.7. The van der Waals surface area contributed by atoms with Crippen LogP contribution >= 0.6 is 23.4 Å². The molecule has 10 heteroatoms. The number of carboxylic acid groups (broad SMARTS) is 1. The smallest absolute Gasteiger partial charge is 0.354 e. The van der Waals surface area contributed by atoms with E-state index in [9.17, 15) is 9.90 Å². The van der Waals surface area contributed by atoms with Crippen molar-refractivity contribution in [1.82, 2.24) is 19.3 Å². The van der Waals surface area contributed by atoms with Crippen LogP contribution in [0.4, 0.5) is 4.39 Å². The summed E-state index contributed by atoms with van der Waals surface area (Å²) < 4.78 is 23.9. The van der Waals surface area contributed by atoms with Gasteiger partial charge in [0.2, 0.25) is 5.88 Å². The van der Waals surface area contributed by atoms with E-state index in [1.54, 1.807) is 46.9 Å². The van der Waals surface area contributed by atoms with E-state index < -0.39 is 11.8 Å². The van der Waals surface area contributed by atoms with Crippen LogP contribution in [-0.2, 0) is 7.05 Å². The summed E-state index contributed by atoms with van der Waals surface area (Å²) in [7, 11) is 3.23. The predicted octanol–water partition coefficient (Wildman–Crippen LogP) is 4.41. The number of carboxylic acids is 1. The minimum atomic E-state index is -1.13. The fourth-order valence-corrected chi connectivity index (χ4v) is 4.20. The van der Waals surface area contributed by atoms with Gasteiger partial charge in [-0.3, -0.25) is 9.25 Å². The molecule has 0 atom stereocenters. The second-order valence-electron chi connectivity index (χ2n) is 6.07.